The van der Waals surface area contributed by atoms with Crippen LogP contribution in [0.2, 0.25) is 0 Å². The fourth-order valence-corrected chi connectivity index (χ4v) is 2.12. The number of carbonyl (C=O) groups excluding carboxylic acids is 1. The molecule has 1 saturated heterocycles. The zero-order chi connectivity index (χ0) is 12.1. The molecule has 1 aliphatic heterocycles. The molecule has 0 bridgehead atoms. The summed E-state index contributed by atoms with van der Waals surface area (Å²) in [5, 5.41) is 2.88. The van der Waals surface area contributed by atoms with Crippen molar-refractivity contribution in [3.05, 3.63) is 35.4 Å². The van der Waals surface area contributed by atoms with Gasteiger partial charge in [-0.05, 0) is 17.5 Å². The zero-order valence-electron chi connectivity index (χ0n) is 9.98. The van der Waals surface area contributed by atoms with E-state index in [4.69, 9.17) is 5.73 Å². The van der Waals surface area contributed by atoms with Gasteiger partial charge in [0.25, 0.3) is 0 Å². The molecule has 92 valence electrons. The Morgan fingerprint density at radius 2 is 2.18 bits per heavy atom. The Balaban J connectivity index is 2.00. The lowest BCUT2D eigenvalue weighted by Gasteiger charge is -2.18. The molecule has 1 aromatic rings. The van der Waals surface area contributed by atoms with Crippen molar-refractivity contribution in [3.63, 3.8) is 0 Å². The van der Waals surface area contributed by atoms with Crippen molar-refractivity contribution in [3.8, 4) is 0 Å². The van der Waals surface area contributed by atoms with Crippen LogP contribution in [-0.2, 0) is 17.9 Å². The lowest BCUT2D eigenvalue weighted by atomic mass is 10.1. The number of nitrogens with one attached hydrogen (secondary N) is 1. The third kappa shape index (κ3) is 3.54. The predicted molar refractivity (Wildman–Crippen MR) is 67.2 cm³/mol. The highest BCUT2D eigenvalue weighted by molar-refractivity contribution is 5.78. The largest absolute Gasteiger partial charge is 0.355 e. The summed E-state index contributed by atoms with van der Waals surface area (Å²) >= 11 is 0. The first-order chi connectivity index (χ1) is 8.28. The molecular formula is C13H19N3O. The van der Waals surface area contributed by atoms with Crippen LogP contribution in [-0.4, -0.2) is 30.4 Å². The normalized spacial score (nSPS) is 17.6. The molecule has 1 aliphatic rings. The van der Waals surface area contributed by atoms with Crippen LogP contribution in [0, 0.1) is 0 Å². The minimum Gasteiger partial charge on any atom is -0.355 e. The molecule has 0 spiro atoms. The number of benzene rings is 1. The van der Waals surface area contributed by atoms with Crippen molar-refractivity contribution in [2.45, 2.75) is 19.5 Å². The lowest BCUT2D eigenvalue weighted by molar-refractivity contribution is -0.121. The number of nitrogens with two attached hydrogens (primary N) is 1. The van der Waals surface area contributed by atoms with Crippen molar-refractivity contribution in [1.82, 2.24) is 10.2 Å². The van der Waals surface area contributed by atoms with E-state index in [0.29, 0.717) is 13.1 Å². The van der Waals surface area contributed by atoms with E-state index < -0.39 is 0 Å². The minimum absolute atomic E-state index is 0.123. The van der Waals surface area contributed by atoms with E-state index in [2.05, 4.69) is 22.3 Å². The minimum atomic E-state index is 0.123. The van der Waals surface area contributed by atoms with Crippen molar-refractivity contribution >= 4 is 5.91 Å². The summed E-state index contributed by atoms with van der Waals surface area (Å²) in [4.78, 5) is 13.6. The Kier molecular flexibility index (Phi) is 4.12. The highest BCUT2D eigenvalue weighted by Gasteiger charge is 2.14. The maximum absolute atomic E-state index is 11.4. The van der Waals surface area contributed by atoms with Gasteiger partial charge in [0.15, 0.2) is 0 Å². The first-order valence-corrected chi connectivity index (χ1v) is 6.05. The van der Waals surface area contributed by atoms with Gasteiger partial charge in [0.2, 0.25) is 5.91 Å². The highest BCUT2D eigenvalue weighted by Crippen LogP contribution is 2.09. The number of nitrogens with zero attached hydrogens (tertiary/aromatic N) is 1. The Bertz CT molecular complexity index is 392. The van der Waals surface area contributed by atoms with Crippen molar-refractivity contribution in [2.24, 2.45) is 5.73 Å². The van der Waals surface area contributed by atoms with Crippen LogP contribution >= 0.6 is 0 Å². The molecule has 4 heteroatoms. The molecule has 1 heterocycles. The van der Waals surface area contributed by atoms with Gasteiger partial charge in [0, 0.05) is 26.2 Å². The van der Waals surface area contributed by atoms with Gasteiger partial charge in [-0.2, -0.15) is 0 Å². The summed E-state index contributed by atoms with van der Waals surface area (Å²) in [5.74, 6) is 0.123. The molecule has 1 fully saturated rings. The first-order valence-electron chi connectivity index (χ1n) is 6.05. The molecule has 0 aliphatic carbocycles. The molecule has 17 heavy (non-hydrogen) atoms. The SMILES string of the molecule is NCc1cccc(CN2CCCNC(=O)C2)c1. The van der Waals surface area contributed by atoms with Crippen molar-refractivity contribution < 1.29 is 4.79 Å². The van der Waals surface area contributed by atoms with Crippen molar-refractivity contribution in [1.29, 1.82) is 0 Å². The van der Waals surface area contributed by atoms with Crippen molar-refractivity contribution in [2.75, 3.05) is 19.6 Å². The molecule has 0 aromatic heterocycles. The molecule has 3 N–H and O–H groups in total. The molecule has 0 radical (unpaired) electrons. The number of hydrogen-bond donors (Lipinski definition) is 2. The van der Waals surface area contributed by atoms with Gasteiger partial charge in [0.05, 0.1) is 6.54 Å². The molecule has 1 amide bonds. The third-order valence-corrected chi connectivity index (χ3v) is 2.97. The van der Waals surface area contributed by atoms with Crippen LogP contribution in [0.25, 0.3) is 0 Å². The average molecular weight is 233 g/mol. The van der Waals surface area contributed by atoms with Crippen LogP contribution in [0.5, 0.6) is 0 Å². The van der Waals surface area contributed by atoms with E-state index in [9.17, 15) is 4.79 Å². The van der Waals surface area contributed by atoms with Gasteiger partial charge in [-0.1, -0.05) is 24.3 Å². The van der Waals surface area contributed by atoms with Crippen LogP contribution in [0.1, 0.15) is 17.5 Å². The van der Waals surface area contributed by atoms with Crippen LogP contribution in [0.4, 0.5) is 0 Å². The van der Waals surface area contributed by atoms with E-state index in [0.717, 1.165) is 31.6 Å². The maximum atomic E-state index is 11.4. The van der Waals surface area contributed by atoms with E-state index in [1.165, 1.54) is 5.56 Å². The number of hydrogen-bond acceptors (Lipinski definition) is 3. The molecule has 0 saturated carbocycles. The highest BCUT2D eigenvalue weighted by atomic mass is 16.2. The number of carbonyl (C=O) groups is 1. The Morgan fingerprint density at radius 3 is 3.00 bits per heavy atom. The summed E-state index contributed by atoms with van der Waals surface area (Å²) in [6.45, 7) is 3.63. The summed E-state index contributed by atoms with van der Waals surface area (Å²) in [6.07, 6.45) is 1.02. The summed E-state index contributed by atoms with van der Waals surface area (Å²) in [5.41, 5.74) is 7.99. The zero-order valence-corrected chi connectivity index (χ0v) is 9.98. The van der Waals surface area contributed by atoms with E-state index in [-0.39, 0.29) is 5.91 Å². The Hall–Kier alpha value is -1.39. The molecule has 4 nitrogen and oxygen atoms in total. The van der Waals surface area contributed by atoms with E-state index >= 15 is 0 Å². The molecule has 2 rings (SSSR count). The van der Waals surface area contributed by atoms with Gasteiger partial charge in [0.1, 0.15) is 0 Å². The summed E-state index contributed by atoms with van der Waals surface area (Å²) < 4.78 is 0. The third-order valence-electron chi connectivity index (χ3n) is 2.97. The van der Waals surface area contributed by atoms with Gasteiger partial charge < -0.3 is 11.1 Å². The topological polar surface area (TPSA) is 58.4 Å². The van der Waals surface area contributed by atoms with E-state index in [1.807, 2.05) is 12.1 Å². The molecule has 0 unspecified atom stereocenters. The van der Waals surface area contributed by atoms with Gasteiger partial charge in [-0.3, -0.25) is 9.69 Å². The quantitative estimate of drug-likeness (QED) is 0.798. The smallest absolute Gasteiger partial charge is 0.234 e. The standard InChI is InChI=1S/C13H19N3O/c14-8-11-3-1-4-12(7-11)9-16-6-2-5-15-13(17)10-16/h1,3-4,7H,2,5-6,8-10,14H2,(H,15,17). The summed E-state index contributed by atoms with van der Waals surface area (Å²) in [7, 11) is 0. The van der Waals surface area contributed by atoms with Crippen LogP contribution < -0.4 is 11.1 Å². The molecular weight excluding hydrogens is 214 g/mol. The molecule has 1 aromatic carbocycles. The Labute approximate surface area is 102 Å². The Morgan fingerprint density at radius 1 is 1.35 bits per heavy atom. The fraction of sp³-hybridized carbons (Fsp3) is 0.462. The second kappa shape index (κ2) is 5.80. The number of amides is 1. The van der Waals surface area contributed by atoms with Crippen LogP contribution in [0.15, 0.2) is 24.3 Å². The van der Waals surface area contributed by atoms with Gasteiger partial charge in [-0.25, -0.2) is 0 Å². The van der Waals surface area contributed by atoms with Gasteiger partial charge in [-0.15, -0.1) is 0 Å². The maximum Gasteiger partial charge on any atom is 0.234 e. The second-order valence-corrected chi connectivity index (χ2v) is 4.44. The number of rotatable bonds is 3. The fourth-order valence-electron chi connectivity index (χ4n) is 2.12. The molecule has 0 atom stereocenters. The second-order valence-electron chi connectivity index (χ2n) is 4.44. The van der Waals surface area contributed by atoms with Crippen LogP contribution in [0.3, 0.4) is 0 Å². The van der Waals surface area contributed by atoms with Gasteiger partial charge >= 0.3 is 0 Å². The monoisotopic (exact) mass is 233 g/mol. The van der Waals surface area contributed by atoms with E-state index in [1.54, 1.807) is 0 Å². The first kappa shape index (κ1) is 12.1. The predicted octanol–water partition coefficient (Wildman–Crippen LogP) is 0.467. The average Bonchev–Trinajstić information content (AvgIpc) is 2.54. The lowest BCUT2D eigenvalue weighted by Crippen LogP contribution is -2.32. The summed E-state index contributed by atoms with van der Waals surface area (Å²) in [6, 6.07) is 8.25.